The molecule has 0 spiro atoms. The monoisotopic (exact) mass is 285 g/mol. The standard InChI is InChI=1S/C18H23NO2/c1-14-5-4-6-15(9-14)7-8-19-13-16-10-17(20-2)12-18(11-16)21-3/h4-6,9-12,19H,7-8,13H2,1-3H3. The van der Waals surface area contributed by atoms with Crippen LogP contribution in [-0.4, -0.2) is 20.8 Å². The van der Waals surface area contributed by atoms with E-state index in [-0.39, 0.29) is 0 Å². The van der Waals surface area contributed by atoms with Gasteiger partial charge >= 0.3 is 0 Å². The van der Waals surface area contributed by atoms with Gasteiger partial charge in [-0.3, -0.25) is 0 Å². The molecule has 0 bridgehead atoms. The number of hydrogen-bond donors (Lipinski definition) is 1. The summed E-state index contributed by atoms with van der Waals surface area (Å²) in [4.78, 5) is 0. The van der Waals surface area contributed by atoms with Gasteiger partial charge in [0.2, 0.25) is 0 Å². The van der Waals surface area contributed by atoms with E-state index in [0.717, 1.165) is 36.6 Å². The molecule has 0 aliphatic carbocycles. The minimum atomic E-state index is 0.805. The van der Waals surface area contributed by atoms with Crippen molar-refractivity contribution >= 4 is 0 Å². The Bertz CT molecular complexity index is 559. The maximum atomic E-state index is 5.28. The van der Waals surface area contributed by atoms with E-state index in [0.29, 0.717) is 0 Å². The number of aryl methyl sites for hydroxylation is 1. The molecular weight excluding hydrogens is 262 g/mol. The van der Waals surface area contributed by atoms with Gasteiger partial charge in [-0.2, -0.15) is 0 Å². The summed E-state index contributed by atoms with van der Waals surface area (Å²) in [7, 11) is 3.34. The molecule has 0 radical (unpaired) electrons. The van der Waals surface area contributed by atoms with E-state index in [1.165, 1.54) is 11.1 Å². The van der Waals surface area contributed by atoms with Crippen LogP contribution in [0.25, 0.3) is 0 Å². The van der Waals surface area contributed by atoms with E-state index in [1.807, 2.05) is 18.2 Å². The third kappa shape index (κ3) is 4.80. The van der Waals surface area contributed by atoms with Gasteiger partial charge < -0.3 is 14.8 Å². The quantitative estimate of drug-likeness (QED) is 0.791. The van der Waals surface area contributed by atoms with Crippen molar-refractivity contribution < 1.29 is 9.47 Å². The van der Waals surface area contributed by atoms with Crippen LogP contribution in [0.3, 0.4) is 0 Å². The van der Waals surface area contributed by atoms with Crippen LogP contribution in [0.2, 0.25) is 0 Å². The summed E-state index contributed by atoms with van der Waals surface area (Å²) in [6.07, 6.45) is 1.03. The minimum Gasteiger partial charge on any atom is -0.497 e. The lowest BCUT2D eigenvalue weighted by Gasteiger charge is -2.10. The fourth-order valence-corrected chi connectivity index (χ4v) is 2.30. The Morgan fingerprint density at radius 2 is 1.62 bits per heavy atom. The van der Waals surface area contributed by atoms with Crippen molar-refractivity contribution in [3.63, 3.8) is 0 Å². The minimum absolute atomic E-state index is 0.805. The first kappa shape index (κ1) is 15.4. The molecule has 0 aromatic heterocycles. The van der Waals surface area contributed by atoms with Crippen molar-refractivity contribution in [1.82, 2.24) is 5.32 Å². The highest BCUT2D eigenvalue weighted by molar-refractivity contribution is 5.38. The summed E-state index contributed by atoms with van der Waals surface area (Å²) in [5, 5.41) is 3.46. The first-order valence-corrected chi connectivity index (χ1v) is 7.19. The third-order valence-corrected chi connectivity index (χ3v) is 3.41. The Hall–Kier alpha value is -2.00. The number of benzene rings is 2. The van der Waals surface area contributed by atoms with Crippen molar-refractivity contribution in [3.05, 3.63) is 59.2 Å². The van der Waals surface area contributed by atoms with Gasteiger partial charge in [-0.15, -0.1) is 0 Å². The molecule has 21 heavy (non-hydrogen) atoms. The molecule has 2 aromatic carbocycles. The zero-order valence-electron chi connectivity index (χ0n) is 13.0. The van der Waals surface area contributed by atoms with Gasteiger partial charge in [0.25, 0.3) is 0 Å². The molecule has 0 fully saturated rings. The van der Waals surface area contributed by atoms with Crippen molar-refractivity contribution in [1.29, 1.82) is 0 Å². The predicted octanol–water partition coefficient (Wildman–Crippen LogP) is 3.34. The summed E-state index contributed by atoms with van der Waals surface area (Å²) in [6, 6.07) is 14.6. The second-order valence-corrected chi connectivity index (χ2v) is 5.14. The van der Waals surface area contributed by atoms with Crippen LogP contribution in [0.4, 0.5) is 0 Å². The number of ether oxygens (including phenoxy) is 2. The zero-order valence-corrected chi connectivity index (χ0v) is 13.0. The number of methoxy groups -OCH3 is 2. The predicted molar refractivity (Wildman–Crippen MR) is 86.1 cm³/mol. The van der Waals surface area contributed by atoms with Gasteiger partial charge in [0.15, 0.2) is 0 Å². The van der Waals surface area contributed by atoms with Crippen LogP contribution >= 0.6 is 0 Å². The van der Waals surface area contributed by atoms with E-state index in [1.54, 1.807) is 14.2 Å². The third-order valence-electron chi connectivity index (χ3n) is 3.41. The molecular formula is C18H23NO2. The SMILES string of the molecule is COc1cc(CNCCc2cccc(C)c2)cc(OC)c1. The van der Waals surface area contributed by atoms with E-state index < -0.39 is 0 Å². The highest BCUT2D eigenvalue weighted by atomic mass is 16.5. The molecule has 3 nitrogen and oxygen atoms in total. The smallest absolute Gasteiger partial charge is 0.122 e. The van der Waals surface area contributed by atoms with Crippen LogP contribution in [0.5, 0.6) is 11.5 Å². The van der Waals surface area contributed by atoms with Crippen molar-refractivity contribution in [2.45, 2.75) is 19.9 Å². The average Bonchev–Trinajstić information content (AvgIpc) is 2.51. The maximum Gasteiger partial charge on any atom is 0.122 e. The average molecular weight is 285 g/mol. The van der Waals surface area contributed by atoms with Gasteiger partial charge in [0.05, 0.1) is 14.2 Å². The molecule has 2 aromatic rings. The molecule has 3 heteroatoms. The summed E-state index contributed by atoms with van der Waals surface area (Å²) >= 11 is 0. The maximum absolute atomic E-state index is 5.28. The molecule has 0 aliphatic rings. The van der Waals surface area contributed by atoms with Gasteiger partial charge in [0.1, 0.15) is 11.5 Å². The summed E-state index contributed by atoms with van der Waals surface area (Å²) in [5.74, 6) is 1.65. The normalized spacial score (nSPS) is 10.4. The summed E-state index contributed by atoms with van der Waals surface area (Å²) < 4.78 is 10.6. The summed E-state index contributed by atoms with van der Waals surface area (Å²) in [5.41, 5.74) is 3.84. The first-order chi connectivity index (χ1) is 10.2. The molecule has 0 heterocycles. The molecule has 0 unspecified atom stereocenters. The van der Waals surface area contributed by atoms with Crippen LogP contribution in [0.15, 0.2) is 42.5 Å². The number of hydrogen-bond acceptors (Lipinski definition) is 3. The molecule has 1 N–H and O–H groups in total. The molecule has 0 amide bonds. The van der Waals surface area contributed by atoms with Crippen molar-refractivity contribution in [3.8, 4) is 11.5 Å². The van der Waals surface area contributed by atoms with E-state index in [9.17, 15) is 0 Å². The molecule has 0 saturated carbocycles. The molecule has 2 rings (SSSR count). The lowest BCUT2D eigenvalue weighted by atomic mass is 10.1. The topological polar surface area (TPSA) is 30.5 Å². The Morgan fingerprint density at radius 3 is 2.24 bits per heavy atom. The number of nitrogens with one attached hydrogen (secondary N) is 1. The molecule has 0 aliphatic heterocycles. The van der Waals surface area contributed by atoms with Crippen LogP contribution in [0.1, 0.15) is 16.7 Å². The number of rotatable bonds is 7. The van der Waals surface area contributed by atoms with Gasteiger partial charge in [-0.1, -0.05) is 29.8 Å². The molecule has 0 atom stereocenters. The lowest BCUT2D eigenvalue weighted by molar-refractivity contribution is 0.393. The summed E-state index contributed by atoms with van der Waals surface area (Å²) in [6.45, 7) is 3.88. The fourth-order valence-electron chi connectivity index (χ4n) is 2.30. The largest absolute Gasteiger partial charge is 0.497 e. The second-order valence-electron chi connectivity index (χ2n) is 5.14. The van der Waals surface area contributed by atoms with E-state index in [4.69, 9.17) is 9.47 Å². The Kier molecular flexibility index (Phi) is 5.64. The highest BCUT2D eigenvalue weighted by Crippen LogP contribution is 2.22. The Morgan fingerprint density at radius 1 is 0.905 bits per heavy atom. The zero-order chi connectivity index (χ0) is 15.1. The first-order valence-electron chi connectivity index (χ1n) is 7.19. The van der Waals surface area contributed by atoms with E-state index in [2.05, 4.69) is 36.5 Å². The highest BCUT2D eigenvalue weighted by Gasteiger charge is 2.02. The van der Waals surface area contributed by atoms with Gasteiger partial charge in [-0.05, 0) is 43.1 Å². The van der Waals surface area contributed by atoms with Crippen molar-refractivity contribution in [2.24, 2.45) is 0 Å². The van der Waals surface area contributed by atoms with Gasteiger partial charge in [-0.25, -0.2) is 0 Å². The Labute approximate surface area is 126 Å². The van der Waals surface area contributed by atoms with Gasteiger partial charge in [0, 0.05) is 12.6 Å². The van der Waals surface area contributed by atoms with Crippen molar-refractivity contribution in [2.75, 3.05) is 20.8 Å². The van der Waals surface area contributed by atoms with Crippen LogP contribution in [-0.2, 0) is 13.0 Å². The fraction of sp³-hybridized carbons (Fsp3) is 0.333. The molecule has 112 valence electrons. The van der Waals surface area contributed by atoms with Crippen LogP contribution < -0.4 is 14.8 Å². The van der Waals surface area contributed by atoms with Crippen LogP contribution in [0, 0.1) is 6.92 Å². The Balaban J connectivity index is 1.85. The second kappa shape index (κ2) is 7.70. The lowest BCUT2D eigenvalue weighted by Crippen LogP contribution is -2.16. The molecule has 0 saturated heterocycles. The van der Waals surface area contributed by atoms with E-state index >= 15 is 0 Å².